The van der Waals surface area contributed by atoms with Crippen LogP contribution in [0.4, 0.5) is 0 Å². The van der Waals surface area contributed by atoms with Gasteiger partial charge in [-0.3, -0.25) is 14.0 Å². The normalized spacial score (nSPS) is 13.0. The first-order chi connectivity index (χ1) is 13.3. The van der Waals surface area contributed by atoms with E-state index >= 15 is 0 Å². The molecule has 0 saturated heterocycles. The molecule has 0 N–H and O–H groups in total. The van der Waals surface area contributed by atoms with Crippen LogP contribution in [0.2, 0.25) is 0 Å². The van der Waals surface area contributed by atoms with Crippen LogP contribution in [0.3, 0.4) is 0 Å². The van der Waals surface area contributed by atoms with Gasteiger partial charge in [0.15, 0.2) is 0 Å². The maximum absolute atomic E-state index is 13.8. The van der Waals surface area contributed by atoms with E-state index in [-0.39, 0.29) is 26.4 Å². The van der Waals surface area contributed by atoms with E-state index in [1.165, 1.54) is 0 Å². The maximum Gasteiger partial charge on any atom is 0.360 e. The molecule has 0 aromatic carbocycles. The van der Waals surface area contributed by atoms with Crippen LogP contribution in [0.5, 0.6) is 0 Å². The third-order valence-electron chi connectivity index (χ3n) is 4.10. The van der Waals surface area contributed by atoms with Gasteiger partial charge in [-0.25, -0.2) is 0 Å². The summed E-state index contributed by atoms with van der Waals surface area (Å²) in [6.07, 6.45) is 6.60. The summed E-state index contributed by atoms with van der Waals surface area (Å²) in [6.45, 7) is 9.26. The van der Waals surface area contributed by atoms with E-state index in [9.17, 15) is 9.13 Å². The minimum atomic E-state index is -3.75. The Hall–Kier alpha value is 0.260. The highest BCUT2D eigenvalue weighted by molar-refractivity contribution is 7.72. The minimum absolute atomic E-state index is 0.286. The molecule has 0 rings (SSSR count). The average Bonchev–Trinajstić information content (AvgIpc) is 2.62. The Bertz CT molecular complexity index is 409. The summed E-state index contributed by atoms with van der Waals surface area (Å²) >= 11 is 0. The molecule has 0 aliphatic rings. The number of hydrogen-bond acceptors (Lipinski definition) is 7. The lowest BCUT2D eigenvalue weighted by Crippen LogP contribution is -2.32. The first-order valence-electron chi connectivity index (χ1n) is 10.7. The maximum atomic E-state index is 13.8. The van der Waals surface area contributed by atoms with E-state index < -0.39 is 20.7 Å². The van der Waals surface area contributed by atoms with Crippen molar-refractivity contribution in [2.75, 3.05) is 40.5 Å². The van der Waals surface area contributed by atoms with Crippen LogP contribution < -0.4 is 0 Å². The highest BCUT2D eigenvalue weighted by atomic mass is 31.2. The van der Waals surface area contributed by atoms with Gasteiger partial charge in [0.25, 0.3) is 0 Å². The van der Waals surface area contributed by atoms with E-state index in [1.807, 2.05) is 27.7 Å². The van der Waals surface area contributed by atoms with E-state index in [0.717, 1.165) is 51.4 Å². The molecular formula is C19H43NO6P2. The van der Waals surface area contributed by atoms with Gasteiger partial charge in [-0.05, 0) is 39.8 Å². The Labute approximate surface area is 172 Å². The molecule has 28 heavy (non-hydrogen) atoms. The van der Waals surface area contributed by atoms with Gasteiger partial charge in [0.2, 0.25) is 5.52 Å². The van der Waals surface area contributed by atoms with Gasteiger partial charge >= 0.3 is 15.2 Å². The molecular weight excluding hydrogens is 400 g/mol. The lowest BCUT2D eigenvalue weighted by Gasteiger charge is -2.35. The van der Waals surface area contributed by atoms with E-state index in [0.29, 0.717) is 0 Å². The van der Waals surface area contributed by atoms with Crippen molar-refractivity contribution in [3.8, 4) is 0 Å². The number of unbranched alkanes of at least 4 members (excludes halogenated alkanes) is 4. The SMILES string of the molecule is CCCCOP(=O)(OCCCC)C(N(C)C)P(=O)(OCCCC)OCCCC. The zero-order valence-corrected chi connectivity index (χ0v) is 20.6. The molecule has 0 amide bonds. The molecule has 170 valence electrons. The molecule has 0 atom stereocenters. The van der Waals surface area contributed by atoms with Gasteiger partial charge < -0.3 is 18.1 Å². The van der Waals surface area contributed by atoms with Crippen molar-refractivity contribution in [2.45, 2.75) is 84.6 Å². The van der Waals surface area contributed by atoms with Crippen LogP contribution in [0, 0.1) is 0 Å². The van der Waals surface area contributed by atoms with Gasteiger partial charge in [-0.2, -0.15) is 0 Å². The summed E-state index contributed by atoms with van der Waals surface area (Å²) in [6, 6.07) is 0. The van der Waals surface area contributed by atoms with Crippen LogP contribution in [0.1, 0.15) is 79.1 Å². The largest absolute Gasteiger partial charge is 0.360 e. The van der Waals surface area contributed by atoms with Crippen molar-refractivity contribution in [1.82, 2.24) is 4.90 Å². The molecule has 9 heteroatoms. The van der Waals surface area contributed by atoms with E-state index in [2.05, 4.69) is 0 Å². The van der Waals surface area contributed by atoms with E-state index in [1.54, 1.807) is 19.0 Å². The second kappa shape index (κ2) is 16.0. The van der Waals surface area contributed by atoms with Crippen LogP contribution in [0.15, 0.2) is 0 Å². The van der Waals surface area contributed by atoms with Crippen molar-refractivity contribution in [2.24, 2.45) is 0 Å². The van der Waals surface area contributed by atoms with E-state index in [4.69, 9.17) is 18.1 Å². The number of nitrogens with zero attached hydrogens (tertiary/aromatic N) is 1. The van der Waals surface area contributed by atoms with Gasteiger partial charge in [-0.15, -0.1) is 0 Å². The second-order valence-electron chi connectivity index (χ2n) is 7.14. The van der Waals surface area contributed by atoms with Gasteiger partial charge in [0, 0.05) is 0 Å². The number of hydrogen-bond donors (Lipinski definition) is 0. The van der Waals surface area contributed by atoms with Gasteiger partial charge in [-0.1, -0.05) is 53.4 Å². The molecule has 0 aromatic heterocycles. The lowest BCUT2D eigenvalue weighted by atomic mass is 10.4. The van der Waals surface area contributed by atoms with Crippen LogP contribution >= 0.6 is 15.2 Å². The summed E-state index contributed by atoms with van der Waals surface area (Å²) in [4.78, 5) is 1.61. The molecule has 0 fully saturated rings. The third-order valence-corrected chi connectivity index (χ3v) is 10.0. The monoisotopic (exact) mass is 443 g/mol. The number of rotatable bonds is 19. The summed E-state index contributed by atoms with van der Waals surface area (Å²) in [5.41, 5.74) is -1.08. The molecule has 0 saturated carbocycles. The van der Waals surface area contributed by atoms with Gasteiger partial charge in [0.1, 0.15) is 0 Å². The standard InChI is InChI=1S/C19H43NO6P2/c1-7-11-15-23-27(21,24-16-12-8-2)19(20(5)6)28(22,25-17-13-9-3)26-18-14-10-4/h19H,7-18H2,1-6H3. The fraction of sp³-hybridized carbons (Fsp3) is 1.00. The zero-order chi connectivity index (χ0) is 21.5. The molecule has 0 aromatic rings. The second-order valence-corrected chi connectivity index (χ2v) is 11.7. The molecule has 0 unspecified atom stereocenters. The molecule has 0 aliphatic heterocycles. The Morgan fingerprint density at radius 1 is 0.607 bits per heavy atom. The van der Waals surface area contributed by atoms with Crippen molar-refractivity contribution in [1.29, 1.82) is 0 Å². The topological polar surface area (TPSA) is 74.3 Å². The highest BCUT2D eigenvalue weighted by Gasteiger charge is 2.52. The molecule has 0 heterocycles. The lowest BCUT2D eigenvalue weighted by molar-refractivity contribution is 0.155. The fourth-order valence-electron chi connectivity index (χ4n) is 2.42. The van der Waals surface area contributed by atoms with Crippen molar-refractivity contribution in [3.63, 3.8) is 0 Å². The summed E-state index contributed by atoms with van der Waals surface area (Å²) in [5, 5.41) is 0. The zero-order valence-electron chi connectivity index (χ0n) is 18.9. The molecule has 0 bridgehead atoms. The molecule has 0 spiro atoms. The van der Waals surface area contributed by atoms with Gasteiger partial charge in [0.05, 0.1) is 26.4 Å². The van der Waals surface area contributed by atoms with Crippen LogP contribution in [0.25, 0.3) is 0 Å². The smallest absolute Gasteiger partial charge is 0.307 e. The average molecular weight is 444 g/mol. The quantitative estimate of drug-likeness (QED) is 0.167. The van der Waals surface area contributed by atoms with Crippen LogP contribution in [-0.2, 0) is 27.2 Å². The Kier molecular flexibility index (Phi) is 16.2. The van der Waals surface area contributed by atoms with Crippen LogP contribution in [-0.4, -0.2) is 50.9 Å². The van der Waals surface area contributed by atoms with Crippen molar-refractivity contribution in [3.05, 3.63) is 0 Å². The predicted molar refractivity (Wildman–Crippen MR) is 116 cm³/mol. The Morgan fingerprint density at radius 3 is 1.04 bits per heavy atom. The summed E-state index contributed by atoms with van der Waals surface area (Å²) < 4.78 is 50.6. The highest BCUT2D eigenvalue weighted by Crippen LogP contribution is 2.71. The fourth-order valence-corrected chi connectivity index (χ4v) is 7.96. The Morgan fingerprint density at radius 2 is 0.857 bits per heavy atom. The molecule has 0 aliphatic carbocycles. The molecule has 7 nitrogen and oxygen atoms in total. The first kappa shape index (κ1) is 28.3. The summed E-state index contributed by atoms with van der Waals surface area (Å²) in [5.74, 6) is 0. The summed E-state index contributed by atoms with van der Waals surface area (Å²) in [7, 11) is -4.08. The van der Waals surface area contributed by atoms with Crippen molar-refractivity contribution < 1.29 is 27.2 Å². The third kappa shape index (κ3) is 10.3. The first-order valence-corrected chi connectivity index (χ1v) is 14.0. The Balaban J connectivity index is 5.75. The minimum Gasteiger partial charge on any atom is -0.307 e. The predicted octanol–water partition coefficient (Wildman–Crippen LogP) is 6.48. The van der Waals surface area contributed by atoms with Crippen molar-refractivity contribution >= 4 is 15.2 Å². The molecule has 0 radical (unpaired) electrons.